The summed E-state index contributed by atoms with van der Waals surface area (Å²) in [5.74, 6) is 0. The molecule has 252 valence electrons. The van der Waals surface area contributed by atoms with E-state index in [1.165, 1.54) is 90.6 Å². The number of benzene rings is 9. The zero-order valence-corrected chi connectivity index (χ0v) is 30.2. The molecule has 9 aromatic carbocycles. The maximum absolute atomic E-state index is 6.74. The van der Waals surface area contributed by atoms with Crippen LogP contribution in [0.1, 0.15) is 12.8 Å². The fourth-order valence-corrected chi connectivity index (χ4v) is 10.5. The normalized spacial score (nSPS) is 13.0. The zero-order chi connectivity index (χ0) is 35.3. The Balaban J connectivity index is 1.08. The van der Waals surface area contributed by atoms with Crippen LogP contribution in [0.2, 0.25) is 0 Å². The van der Waals surface area contributed by atoms with Gasteiger partial charge >= 0.3 is 0 Å². The summed E-state index contributed by atoms with van der Waals surface area (Å²) in [6.07, 6.45) is 7.03. The van der Waals surface area contributed by atoms with Crippen LogP contribution in [0, 0.1) is 0 Å². The average Bonchev–Trinajstić information content (AvgIpc) is 3.82. The molecule has 2 aromatic heterocycles. The van der Waals surface area contributed by atoms with Gasteiger partial charge in [-0.3, -0.25) is 0 Å². The number of rotatable bonds is 3. The van der Waals surface area contributed by atoms with Gasteiger partial charge in [-0.1, -0.05) is 140 Å². The van der Waals surface area contributed by atoms with Crippen LogP contribution in [-0.2, 0) is 0 Å². The van der Waals surface area contributed by atoms with Crippen molar-refractivity contribution in [1.29, 1.82) is 0 Å². The maximum atomic E-state index is 6.74. The third-order valence-electron chi connectivity index (χ3n) is 11.6. The lowest BCUT2D eigenvalue weighted by molar-refractivity contribution is 0.670. The minimum atomic E-state index is 0.922. The second-order valence-corrected chi connectivity index (χ2v) is 15.7. The summed E-state index contributed by atoms with van der Waals surface area (Å²) < 4.78 is 9.39. The molecule has 1 aliphatic rings. The number of hydrogen-bond acceptors (Lipinski definition) is 2. The van der Waals surface area contributed by atoms with Crippen molar-refractivity contribution < 1.29 is 4.42 Å². The van der Waals surface area contributed by atoms with Crippen molar-refractivity contribution in [1.82, 2.24) is 0 Å². The van der Waals surface area contributed by atoms with Crippen molar-refractivity contribution in [3.8, 4) is 33.4 Å². The van der Waals surface area contributed by atoms with Crippen molar-refractivity contribution in [2.45, 2.75) is 12.8 Å². The van der Waals surface area contributed by atoms with Crippen LogP contribution < -0.4 is 10.4 Å². The molecule has 0 spiro atoms. The Kier molecular flexibility index (Phi) is 6.40. The molecule has 0 unspecified atom stereocenters. The number of para-hydroxylation sites is 1. The van der Waals surface area contributed by atoms with E-state index in [0.29, 0.717) is 0 Å². The van der Waals surface area contributed by atoms with Crippen LogP contribution >= 0.6 is 11.3 Å². The SMILES string of the molecule is C1=c2c(-c3ccccc3)c3ccccc3c(-c3ccc4cc(-c5cc6c(ccc7c8ccccc8sc76)c6c5oc5ccccc56)ccc4c3)c2=CCC1. The number of hydrogen-bond donors (Lipinski definition) is 0. The van der Waals surface area contributed by atoms with Crippen LogP contribution in [-0.4, -0.2) is 0 Å². The summed E-state index contributed by atoms with van der Waals surface area (Å²) in [6.45, 7) is 0. The van der Waals surface area contributed by atoms with Gasteiger partial charge in [0, 0.05) is 41.9 Å². The summed E-state index contributed by atoms with van der Waals surface area (Å²) in [7, 11) is 0. The van der Waals surface area contributed by atoms with Crippen LogP contribution in [0.5, 0.6) is 0 Å². The molecule has 2 heteroatoms. The molecule has 0 radical (unpaired) electrons. The van der Waals surface area contributed by atoms with Gasteiger partial charge < -0.3 is 4.42 Å². The van der Waals surface area contributed by atoms with Crippen molar-refractivity contribution in [3.63, 3.8) is 0 Å². The van der Waals surface area contributed by atoms with E-state index in [0.717, 1.165) is 40.5 Å². The van der Waals surface area contributed by atoms with E-state index in [9.17, 15) is 0 Å². The fourth-order valence-electron chi connectivity index (χ4n) is 9.25. The van der Waals surface area contributed by atoms with Crippen LogP contribution in [0.3, 0.4) is 0 Å². The van der Waals surface area contributed by atoms with Gasteiger partial charge in [0.05, 0.1) is 0 Å². The van der Waals surface area contributed by atoms with E-state index in [2.05, 4.69) is 170 Å². The first-order valence-corrected chi connectivity index (χ1v) is 19.6. The smallest absolute Gasteiger partial charge is 0.143 e. The molecule has 12 rings (SSSR count). The zero-order valence-electron chi connectivity index (χ0n) is 29.4. The molecule has 0 N–H and O–H groups in total. The highest BCUT2D eigenvalue weighted by molar-refractivity contribution is 7.26. The lowest BCUT2D eigenvalue weighted by Crippen LogP contribution is -2.31. The monoisotopic (exact) mass is 704 g/mol. The Morgan fingerprint density at radius 1 is 0.426 bits per heavy atom. The van der Waals surface area contributed by atoms with Gasteiger partial charge in [-0.2, -0.15) is 0 Å². The van der Waals surface area contributed by atoms with Gasteiger partial charge in [-0.05, 0) is 108 Å². The van der Waals surface area contributed by atoms with Crippen LogP contribution in [0.25, 0.3) is 120 Å². The average molecular weight is 705 g/mol. The molecule has 1 aliphatic carbocycles. The van der Waals surface area contributed by atoms with Crippen molar-refractivity contribution >= 4 is 97.9 Å². The molecule has 0 bridgehead atoms. The molecule has 0 fully saturated rings. The first-order valence-electron chi connectivity index (χ1n) is 18.8. The summed E-state index contributed by atoms with van der Waals surface area (Å²) in [5, 5.41) is 15.3. The van der Waals surface area contributed by atoms with E-state index in [4.69, 9.17) is 4.42 Å². The summed E-state index contributed by atoms with van der Waals surface area (Å²) in [4.78, 5) is 0. The highest BCUT2D eigenvalue weighted by Gasteiger charge is 2.20. The van der Waals surface area contributed by atoms with Crippen molar-refractivity contribution in [2.24, 2.45) is 0 Å². The predicted octanol–water partition coefficient (Wildman–Crippen LogP) is 13.8. The summed E-state index contributed by atoms with van der Waals surface area (Å²) >= 11 is 1.89. The first kappa shape index (κ1) is 30.0. The fraction of sp³-hybridized carbons (Fsp3) is 0.0385. The predicted molar refractivity (Wildman–Crippen MR) is 233 cm³/mol. The van der Waals surface area contributed by atoms with Gasteiger partial charge in [0.1, 0.15) is 11.2 Å². The molecular weight excluding hydrogens is 673 g/mol. The molecule has 0 saturated carbocycles. The first-order chi connectivity index (χ1) is 26.8. The van der Waals surface area contributed by atoms with E-state index < -0.39 is 0 Å². The molecule has 0 saturated heterocycles. The third kappa shape index (κ3) is 4.32. The second-order valence-electron chi connectivity index (χ2n) is 14.6. The van der Waals surface area contributed by atoms with E-state index in [1.54, 1.807) is 0 Å². The molecule has 11 aromatic rings. The molecular formula is C52H32OS. The van der Waals surface area contributed by atoms with E-state index in [1.807, 2.05) is 11.3 Å². The summed E-state index contributed by atoms with van der Waals surface area (Å²) in [6, 6.07) is 58.1. The largest absolute Gasteiger partial charge is 0.455 e. The van der Waals surface area contributed by atoms with Gasteiger partial charge in [0.25, 0.3) is 0 Å². The third-order valence-corrected chi connectivity index (χ3v) is 12.9. The topological polar surface area (TPSA) is 13.1 Å². The van der Waals surface area contributed by atoms with Crippen molar-refractivity contribution in [3.05, 3.63) is 168 Å². The van der Waals surface area contributed by atoms with Gasteiger partial charge in [0.2, 0.25) is 0 Å². The lowest BCUT2D eigenvalue weighted by Gasteiger charge is -2.18. The lowest BCUT2D eigenvalue weighted by atomic mass is 9.86. The number of thiophene rings is 1. The molecule has 0 atom stereocenters. The number of furan rings is 1. The molecule has 1 nitrogen and oxygen atoms in total. The van der Waals surface area contributed by atoms with Crippen LogP contribution in [0.15, 0.2) is 162 Å². The van der Waals surface area contributed by atoms with E-state index in [-0.39, 0.29) is 0 Å². The molecule has 2 heterocycles. The Labute approximate surface area is 315 Å². The maximum Gasteiger partial charge on any atom is 0.143 e. The van der Waals surface area contributed by atoms with Crippen LogP contribution in [0.4, 0.5) is 0 Å². The highest BCUT2D eigenvalue weighted by Crippen LogP contribution is 2.46. The minimum absolute atomic E-state index is 0.922. The van der Waals surface area contributed by atoms with Crippen molar-refractivity contribution in [2.75, 3.05) is 0 Å². The Morgan fingerprint density at radius 3 is 1.81 bits per heavy atom. The second kappa shape index (κ2) is 11.5. The Bertz CT molecular complexity index is 3490. The molecule has 0 aliphatic heterocycles. The Hall–Kier alpha value is -6.48. The standard InChI is InChI=1S/C52H32OS/c1-2-12-31(13-3-1)48-37-15-4-6-17-39(37)49(40-18-7-5-16-38(40)48)35-25-23-32-28-34(24-22-33(32)29-35)44-30-45-41(50-43-19-8-10-20-46(43)53-51(44)50)26-27-42-36-14-9-11-21-47(36)54-52(42)45/h1-4,6,8-30H,5,7H2. The Morgan fingerprint density at radius 2 is 1.04 bits per heavy atom. The van der Waals surface area contributed by atoms with Gasteiger partial charge in [-0.25, -0.2) is 0 Å². The van der Waals surface area contributed by atoms with Gasteiger partial charge in [-0.15, -0.1) is 11.3 Å². The van der Waals surface area contributed by atoms with Gasteiger partial charge in [0.15, 0.2) is 0 Å². The summed E-state index contributed by atoms with van der Waals surface area (Å²) in [5.41, 5.74) is 9.36. The number of fused-ring (bicyclic) bond motifs is 12. The molecule has 54 heavy (non-hydrogen) atoms. The minimum Gasteiger partial charge on any atom is -0.455 e. The van der Waals surface area contributed by atoms with E-state index >= 15 is 0 Å². The molecule has 0 amide bonds. The highest BCUT2D eigenvalue weighted by atomic mass is 32.1. The quantitative estimate of drug-likeness (QED) is 0.178.